The van der Waals surface area contributed by atoms with Gasteiger partial charge in [0.25, 0.3) is 5.69 Å². The van der Waals surface area contributed by atoms with Crippen LogP contribution in [-0.4, -0.2) is 23.1 Å². The molecule has 32 heavy (non-hydrogen) atoms. The van der Waals surface area contributed by atoms with E-state index in [1.165, 1.54) is 19.2 Å². The van der Waals surface area contributed by atoms with Crippen molar-refractivity contribution in [3.63, 3.8) is 0 Å². The van der Waals surface area contributed by atoms with Crippen LogP contribution in [0.15, 0.2) is 60.7 Å². The van der Waals surface area contributed by atoms with Gasteiger partial charge in [-0.15, -0.1) is 0 Å². The van der Waals surface area contributed by atoms with Gasteiger partial charge in [-0.1, -0.05) is 23.7 Å². The lowest BCUT2D eigenvalue weighted by atomic mass is 10.1. The number of nitrogens with one attached hydrogen (secondary N) is 1. The molecule has 3 rings (SSSR count). The van der Waals surface area contributed by atoms with Gasteiger partial charge in [-0.25, -0.2) is 4.79 Å². The lowest BCUT2D eigenvalue weighted by Gasteiger charge is -2.14. The Balaban J connectivity index is 1.61. The topological polar surface area (TPSA) is 111 Å². The molecule has 0 amide bonds. The lowest BCUT2D eigenvalue weighted by Crippen LogP contribution is -2.13. The van der Waals surface area contributed by atoms with Gasteiger partial charge in [0.15, 0.2) is 11.5 Å². The number of halogens is 1. The van der Waals surface area contributed by atoms with Crippen molar-refractivity contribution in [2.24, 2.45) is 0 Å². The van der Waals surface area contributed by atoms with E-state index >= 15 is 0 Å². The van der Waals surface area contributed by atoms with Crippen molar-refractivity contribution in [1.29, 1.82) is 0 Å². The summed E-state index contributed by atoms with van der Waals surface area (Å²) in [6.45, 7) is 1.21. The number of carboxylic acid groups (broad SMARTS) is 1. The highest BCUT2D eigenvalue weighted by Crippen LogP contribution is 2.34. The number of carboxylic acids is 1. The number of aromatic carboxylic acids is 1. The molecule has 2 N–H and O–H groups in total. The Morgan fingerprint density at radius 3 is 2.28 bits per heavy atom. The highest BCUT2D eigenvalue weighted by Gasteiger charge is 2.12. The summed E-state index contributed by atoms with van der Waals surface area (Å²) in [7, 11) is 1.53. The van der Waals surface area contributed by atoms with Crippen LogP contribution in [0.5, 0.6) is 11.5 Å². The van der Waals surface area contributed by atoms with Crippen LogP contribution in [0.25, 0.3) is 0 Å². The van der Waals surface area contributed by atoms with E-state index < -0.39 is 10.9 Å². The van der Waals surface area contributed by atoms with Gasteiger partial charge in [0, 0.05) is 36.3 Å². The average molecular weight is 457 g/mol. The molecule has 0 aromatic heterocycles. The van der Waals surface area contributed by atoms with E-state index in [2.05, 4.69) is 5.32 Å². The molecule has 8 nitrogen and oxygen atoms in total. The molecule has 3 aromatic rings. The SMILES string of the molecule is COc1cc(CNCc2ccc(C(=O)O)cc2)c(Cl)cc1OCc1ccc([N+](=O)[O-])cc1. The van der Waals surface area contributed by atoms with Gasteiger partial charge in [0.2, 0.25) is 0 Å². The van der Waals surface area contributed by atoms with Crippen LogP contribution in [0.3, 0.4) is 0 Å². The monoisotopic (exact) mass is 456 g/mol. The quantitative estimate of drug-likeness (QED) is 0.332. The maximum absolute atomic E-state index is 10.9. The molecule has 166 valence electrons. The highest BCUT2D eigenvalue weighted by molar-refractivity contribution is 6.31. The number of carbonyl (C=O) groups is 1. The summed E-state index contributed by atoms with van der Waals surface area (Å²) in [6.07, 6.45) is 0. The van der Waals surface area contributed by atoms with Gasteiger partial charge >= 0.3 is 5.97 Å². The van der Waals surface area contributed by atoms with Gasteiger partial charge in [-0.05, 0) is 47.0 Å². The van der Waals surface area contributed by atoms with Crippen molar-refractivity contribution >= 4 is 23.3 Å². The largest absolute Gasteiger partial charge is 0.493 e. The number of methoxy groups -OCH3 is 1. The van der Waals surface area contributed by atoms with Crippen LogP contribution in [0, 0.1) is 10.1 Å². The number of nitro benzene ring substituents is 1. The number of ether oxygens (including phenoxy) is 2. The van der Waals surface area contributed by atoms with Gasteiger partial charge in [0.1, 0.15) is 6.61 Å². The van der Waals surface area contributed by atoms with Crippen molar-refractivity contribution < 1.29 is 24.3 Å². The van der Waals surface area contributed by atoms with Crippen LogP contribution in [-0.2, 0) is 19.7 Å². The predicted octanol–water partition coefficient (Wildman–Crippen LogP) is 4.82. The second kappa shape index (κ2) is 10.6. The lowest BCUT2D eigenvalue weighted by molar-refractivity contribution is -0.384. The van der Waals surface area contributed by atoms with Crippen LogP contribution < -0.4 is 14.8 Å². The minimum atomic E-state index is -0.959. The van der Waals surface area contributed by atoms with E-state index in [1.807, 2.05) is 0 Å². The molecule has 0 aliphatic carbocycles. The molecule has 0 aliphatic heterocycles. The van der Waals surface area contributed by atoms with Gasteiger partial charge in [-0.2, -0.15) is 0 Å². The van der Waals surface area contributed by atoms with E-state index in [9.17, 15) is 14.9 Å². The summed E-state index contributed by atoms with van der Waals surface area (Å²) in [5.41, 5.74) is 2.79. The fourth-order valence-corrected chi connectivity index (χ4v) is 3.19. The molecular weight excluding hydrogens is 436 g/mol. The zero-order valence-electron chi connectivity index (χ0n) is 17.2. The predicted molar refractivity (Wildman–Crippen MR) is 119 cm³/mol. The molecule has 0 bridgehead atoms. The minimum Gasteiger partial charge on any atom is -0.493 e. The molecule has 9 heteroatoms. The van der Waals surface area contributed by atoms with Gasteiger partial charge < -0.3 is 19.9 Å². The molecular formula is C23H21ClN2O6. The van der Waals surface area contributed by atoms with E-state index in [-0.39, 0.29) is 17.9 Å². The second-order valence-electron chi connectivity index (χ2n) is 6.91. The third-order valence-corrected chi connectivity index (χ3v) is 5.07. The molecule has 0 unspecified atom stereocenters. The molecule has 0 spiro atoms. The zero-order valence-corrected chi connectivity index (χ0v) is 18.0. The first-order valence-electron chi connectivity index (χ1n) is 9.63. The van der Waals surface area contributed by atoms with Crippen molar-refractivity contribution in [3.8, 4) is 11.5 Å². The molecule has 0 radical (unpaired) electrons. The van der Waals surface area contributed by atoms with E-state index in [0.29, 0.717) is 29.6 Å². The van der Waals surface area contributed by atoms with Crippen molar-refractivity contribution in [2.45, 2.75) is 19.7 Å². The standard InChI is InChI=1S/C23H21ClN2O6/c1-31-21-10-18(13-25-12-15-2-6-17(7-3-15)23(27)28)20(24)11-22(21)32-14-16-4-8-19(9-5-16)26(29)30/h2-11,25H,12-14H2,1H3,(H,27,28). The number of nitro groups is 1. The number of nitrogens with zero attached hydrogens (tertiary/aromatic N) is 1. The number of benzene rings is 3. The highest BCUT2D eigenvalue weighted by atomic mass is 35.5. The first-order chi connectivity index (χ1) is 15.4. The Labute approximate surface area is 189 Å². The summed E-state index contributed by atoms with van der Waals surface area (Å²) in [5.74, 6) is 0.0158. The normalized spacial score (nSPS) is 10.6. The van der Waals surface area contributed by atoms with Crippen molar-refractivity contribution in [3.05, 3.63) is 98.1 Å². The zero-order chi connectivity index (χ0) is 23.1. The Morgan fingerprint density at radius 1 is 1.03 bits per heavy atom. The Hall–Kier alpha value is -3.62. The van der Waals surface area contributed by atoms with Gasteiger partial charge in [-0.3, -0.25) is 10.1 Å². The molecule has 0 fully saturated rings. The second-order valence-corrected chi connectivity index (χ2v) is 7.32. The van der Waals surface area contributed by atoms with Gasteiger partial charge in [0.05, 0.1) is 17.6 Å². The third kappa shape index (κ3) is 5.96. The number of non-ortho nitro benzene ring substituents is 1. The fourth-order valence-electron chi connectivity index (χ4n) is 2.97. The number of rotatable bonds is 10. The maximum atomic E-state index is 10.9. The average Bonchev–Trinajstić information content (AvgIpc) is 2.79. The summed E-state index contributed by atoms with van der Waals surface area (Å²) in [6, 6.07) is 16.2. The number of hydrogen-bond acceptors (Lipinski definition) is 6. The van der Waals surface area contributed by atoms with E-state index in [1.54, 1.807) is 48.5 Å². The Kier molecular flexibility index (Phi) is 7.64. The van der Waals surface area contributed by atoms with Crippen LogP contribution in [0.1, 0.15) is 27.0 Å². The minimum absolute atomic E-state index is 0.0176. The summed E-state index contributed by atoms with van der Waals surface area (Å²) in [4.78, 5) is 21.2. The van der Waals surface area contributed by atoms with Crippen molar-refractivity contribution in [1.82, 2.24) is 5.32 Å². The number of hydrogen-bond donors (Lipinski definition) is 2. The molecule has 0 saturated heterocycles. The Bertz CT molecular complexity index is 1100. The fraction of sp³-hybridized carbons (Fsp3) is 0.174. The molecule has 0 aliphatic rings. The molecule has 0 atom stereocenters. The van der Waals surface area contributed by atoms with Crippen molar-refractivity contribution in [2.75, 3.05) is 7.11 Å². The third-order valence-electron chi connectivity index (χ3n) is 4.72. The molecule has 3 aromatic carbocycles. The smallest absolute Gasteiger partial charge is 0.335 e. The van der Waals surface area contributed by atoms with E-state index in [0.717, 1.165) is 16.7 Å². The maximum Gasteiger partial charge on any atom is 0.335 e. The van der Waals surface area contributed by atoms with Crippen LogP contribution in [0.2, 0.25) is 5.02 Å². The Morgan fingerprint density at radius 2 is 1.69 bits per heavy atom. The summed E-state index contributed by atoms with van der Waals surface area (Å²) >= 11 is 6.42. The summed E-state index contributed by atoms with van der Waals surface area (Å²) in [5, 5.41) is 23.5. The van der Waals surface area contributed by atoms with Crippen LogP contribution in [0.4, 0.5) is 5.69 Å². The first-order valence-corrected chi connectivity index (χ1v) is 10.0. The molecule has 0 saturated carbocycles. The van der Waals surface area contributed by atoms with Crippen LogP contribution >= 0.6 is 11.6 Å². The summed E-state index contributed by atoms with van der Waals surface area (Å²) < 4.78 is 11.2. The van der Waals surface area contributed by atoms with E-state index in [4.69, 9.17) is 26.2 Å². The first kappa shape index (κ1) is 23.1. The molecule has 0 heterocycles.